The number of ether oxygens (including phenoxy) is 1. The van der Waals surface area contributed by atoms with E-state index >= 15 is 0 Å². The van der Waals surface area contributed by atoms with E-state index in [1.54, 1.807) is 18.4 Å². The van der Waals surface area contributed by atoms with Gasteiger partial charge in [0.15, 0.2) is 5.76 Å². The zero-order valence-corrected chi connectivity index (χ0v) is 14.4. The number of nitrogens with zero attached hydrogens (tertiary/aromatic N) is 1. The Morgan fingerprint density at radius 2 is 2.04 bits per heavy atom. The molecule has 6 heteroatoms. The van der Waals surface area contributed by atoms with Gasteiger partial charge in [0.25, 0.3) is 0 Å². The molecule has 1 aromatic carbocycles. The molecule has 0 aliphatic rings. The fourth-order valence-electron chi connectivity index (χ4n) is 2.26. The lowest BCUT2D eigenvalue weighted by atomic mass is 10.1. The van der Waals surface area contributed by atoms with Crippen molar-refractivity contribution in [2.24, 2.45) is 0 Å². The molecule has 0 saturated heterocycles. The van der Waals surface area contributed by atoms with Crippen molar-refractivity contribution in [2.75, 3.05) is 7.11 Å². The molecule has 5 nitrogen and oxygen atoms in total. The lowest BCUT2D eigenvalue weighted by molar-refractivity contribution is -0.120. The Kier molecular flexibility index (Phi) is 4.96. The highest BCUT2D eigenvalue weighted by atomic mass is 32.1. The summed E-state index contributed by atoms with van der Waals surface area (Å²) >= 11 is 1.58. The normalized spacial score (nSPS) is 10.6. The van der Waals surface area contributed by atoms with Crippen LogP contribution in [0.15, 0.2) is 46.2 Å². The van der Waals surface area contributed by atoms with Crippen LogP contribution in [-0.2, 0) is 17.8 Å². The maximum absolute atomic E-state index is 12.0. The first-order valence-corrected chi connectivity index (χ1v) is 8.43. The van der Waals surface area contributed by atoms with Gasteiger partial charge < -0.3 is 14.5 Å². The molecule has 0 aliphatic carbocycles. The van der Waals surface area contributed by atoms with E-state index in [4.69, 9.17) is 9.15 Å². The maximum Gasteiger partial charge on any atom is 0.224 e. The molecule has 0 bridgehead atoms. The zero-order valence-electron chi connectivity index (χ0n) is 13.5. The highest BCUT2D eigenvalue weighted by molar-refractivity contribution is 7.09. The van der Waals surface area contributed by atoms with Gasteiger partial charge in [-0.2, -0.15) is 0 Å². The van der Waals surface area contributed by atoms with Crippen molar-refractivity contribution in [2.45, 2.75) is 19.9 Å². The fourth-order valence-corrected chi connectivity index (χ4v) is 2.87. The van der Waals surface area contributed by atoms with Gasteiger partial charge in [0.2, 0.25) is 5.91 Å². The van der Waals surface area contributed by atoms with Crippen LogP contribution in [0.1, 0.15) is 16.3 Å². The minimum absolute atomic E-state index is 0.0531. The minimum atomic E-state index is -0.0531. The van der Waals surface area contributed by atoms with Crippen molar-refractivity contribution in [3.8, 4) is 17.2 Å². The fraction of sp³-hybridized carbons (Fsp3) is 0.222. The Morgan fingerprint density at radius 3 is 2.71 bits per heavy atom. The van der Waals surface area contributed by atoms with Crippen LogP contribution in [0.3, 0.4) is 0 Å². The SMILES string of the molecule is COc1ccc(CC(=O)NCc2ccc(-c3csc(C)n3)o2)cc1. The molecular formula is C18H18N2O3S. The van der Waals surface area contributed by atoms with Crippen LogP contribution in [-0.4, -0.2) is 18.0 Å². The summed E-state index contributed by atoms with van der Waals surface area (Å²) in [7, 11) is 1.62. The number of thiazole rings is 1. The third-order valence-corrected chi connectivity index (χ3v) is 4.29. The van der Waals surface area contributed by atoms with Crippen LogP contribution < -0.4 is 10.1 Å². The van der Waals surface area contributed by atoms with Crippen LogP contribution in [0.25, 0.3) is 11.5 Å². The molecule has 3 aromatic rings. The molecule has 0 fully saturated rings. The lowest BCUT2D eigenvalue weighted by Gasteiger charge is -2.05. The first-order chi connectivity index (χ1) is 11.6. The van der Waals surface area contributed by atoms with Gasteiger partial charge in [-0.15, -0.1) is 11.3 Å². The number of carbonyl (C=O) groups excluding carboxylic acids is 1. The Balaban J connectivity index is 1.53. The van der Waals surface area contributed by atoms with Crippen LogP contribution in [0.4, 0.5) is 0 Å². The lowest BCUT2D eigenvalue weighted by Crippen LogP contribution is -2.24. The van der Waals surface area contributed by atoms with Gasteiger partial charge >= 0.3 is 0 Å². The monoisotopic (exact) mass is 342 g/mol. The molecule has 0 radical (unpaired) electrons. The molecular weight excluding hydrogens is 324 g/mol. The zero-order chi connectivity index (χ0) is 16.9. The smallest absolute Gasteiger partial charge is 0.224 e. The van der Waals surface area contributed by atoms with Gasteiger partial charge in [-0.25, -0.2) is 4.98 Å². The van der Waals surface area contributed by atoms with E-state index in [1.807, 2.05) is 48.7 Å². The van der Waals surface area contributed by atoms with Gasteiger partial charge in [-0.05, 0) is 36.8 Å². The van der Waals surface area contributed by atoms with E-state index < -0.39 is 0 Å². The van der Waals surface area contributed by atoms with E-state index in [1.165, 1.54) is 0 Å². The molecule has 0 spiro atoms. The standard InChI is InChI=1S/C18H18N2O3S/c1-12-20-16(11-24-12)17-8-7-15(23-17)10-19-18(21)9-13-3-5-14(22-2)6-4-13/h3-8,11H,9-10H2,1-2H3,(H,19,21). The summed E-state index contributed by atoms with van der Waals surface area (Å²) in [5.41, 5.74) is 1.76. The second-order valence-electron chi connectivity index (χ2n) is 5.32. The molecule has 2 aromatic heterocycles. The van der Waals surface area contributed by atoms with Gasteiger partial charge in [0, 0.05) is 5.38 Å². The van der Waals surface area contributed by atoms with Crippen molar-refractivity contribution in [3.05, 3.63) is 58.1 Å². The van der Waals surface area contributed by atoms with Crippen molar-refractivity contribution in [1.29, 1.82) is 0 Å². The third-order valence-electron chi connectivity index (χ3n) is 3.52. The van der Waals surface area contributed by atoms with Crippen LogP contribution in [0.2, 0.25) is 0 Å². The second kappa shape index (κ2) is 7.31. The number of furan rings is 1. The molecule has 0 aliphatic heterocycles. The average Bonchev–Trinajstić information content (AvgIpc) is 3.22. The van der Waals surface area contributed by atoms with Crippen LogP contribution in [0, 0.1) is 6.92 Å². The Hall–Kier alpha value is -2.60. The van der Waals surface area contributed by atoms with Crippen molar-refractivity contribution in [3.63, 3.8) is 0 Å². The third kappa shape index (κ3) is 4.02. The summed E-state index contributed by atoms with van der Waals surface area (Å²) in [5.74, 6) is 2.15. The highest BCUT2D eigenvalue weighted by Crippen LogP contribution is 2.23. The molecule has 0 unspecified atom stereocenters. The number of benzene rings is 1. The predicted octanol–water partition coefficient (Wildman–Crippen LogP) is 3.58. The predicted molar refractivity (Wildman–Crippen MR) is 93.1 cm³/mol. The van der Waals surface area contributed by atoms with Crippen molar-refractivity contribution < 1.29 is 13.9 Å². The molecule has 1 amide bonds. The number of hydrogen-bond donors (Lipinski definition) is 1. The first-order valence-electron chi connectivity index (χ1n) is 7.55. The van der Waals surface area contributed by atoms with Crippen LogP contribution in [0.5, 0.6) is 5.75 Å². The summed E-state index contributed by atoms with van der Waals surface area (Å²) in [6, 6.07) is 11.2. The highest BCUT2D eigenvalue weighted by Gasteiger charge is 2.09. The summed E-state index contributed by atoms with van der Waals surface area (Å²) < 4.78 is 10.8. The number of nitrogens with one attached hydrogen (secondary N) is 1. The minimum Gasteiger partial charge on any atom is -0.497 e. The van der Waals surface area contributed by atoms with E-state index in [0.717, 1.165) is 27.8 Å². The Labute approximate surface area is 144 Å². The van der Waals surface area contributed by atoms with E-state index in [-0.39, 0.29) is 5.91 Å². The molecule has 3 rings (SSSR count). The molecule has 124 valence electrons. The van der Waals surface area contributed by atoms with E-state index in [0.29, 0.717) is 18.7 Å². The summed E-state index contributed by atoms with van der Waals surface area (Å²) in [6.07, 6.45) is 0.322. The van der Waals surface area contributed by atoms with Crippen molar-refractivity contribution in [1.82, 2.24) is 10.3 Å². The number of aryl methyl sites for hydroxylation is 1. The first kappa shape index (κ1) is 16.3. The number of aromatic nitrogens is 1. The topological polar surface area (TPSA) is 64.4 Å². The van der Waals surface area contributed by atoms with E-state index in [2.05, 4.69) is 10.3 Å². The quantitative estimate of drug-likeness (QED) is 0.744. The van der Waals surface area contributed by atoms with Gasteiger partial charge in [0.1, 0.15) is 17.2 Å². The number of carbonyl (C=O) groups is 1. The van der Waals surface area contributed by atoms with Crippen LogP contribution >= 0.6 is 11.3 Å². The number of methoxy groups -OCH3 is 1. The number of amides is 1. The van der Waals surface area contributed by atoms with Gasteiger partial charge in [0.05, 0.1) is 25.1 Å². The summed E-state index contributed by atoms with van der Waals surface area (Å²) in [4.78, 5) is 16.4. The number of hydrogen-bond acceptors (Lipinski definition) is 5. The maximum atomic E-state index is 12.0. The molecule has 1 N–H and O–H groups in total. The Morgan fingerprint density at radius 1 is 1.25 bits per heavy atom. The second-order valence-corrected chi connectivity index (χ2v) is 6.38. The molecule has 0 atom stereocenters. The molecule has 2 heterocycles. The molecule has 0 saturated carbocycles. The van der Waals surface area contributed by atoms with E-state index in [9.17, 15) is 4.79 Å². The van der Waals surface area contributed by atoms with Crippen molar-refractivity contribution >= 4 is 17.2 Å². The molecule has 24 heavy (non-hydrogen) atoms. The van der Waals surface area contributed by atoms with Gasteiger partial charge in [-0.1, -0.05) is 12.1 Å². The average molecular weight is 342 g/mol. The Bertz CT molecular complexity index is 821. The largest absolute Gasteiger partial charge is 0.497 e. The summed E-state index contributed by atoms with van der Waals surface area (Å²) in [6.45, 7) is 2.31. The van der Waals surface area contributed by atoms with Gasteiger partial charge in [-0.3, -0.25) is 4.79 Å². The summed E-state index contributed by atoms with van der Waals surface area (Å²) in [5, 5.41) is 5.82. The number of rotatable bonds is 6.